The van der Waals surface area contributed by atoms with Gasteiger partial charge in [-0.15, -0.1) is 11.8 Å². The lowest BCUT2D eigenvalue weighted by atomic mass is 10.1. The van der Waals surface area contributed by atoms with Crippen LogP contribution < -0.4 is 5.32 Å². The van der Waals surface area contributed by atoms with Gasteiger partial charge in [-0.2, -0.15) is 0 Å². The van der Waals surface area contributed by atoms with Crippen LogP contribution in [0.25, 0.3) is 0 Å². The van der Waals surface area contributed by atoms with Gasteiger partial charge in [0.25, 0.3) is 0 Å². The number of benzene rings is 2. The molecule has 0 aliphatic heterocycles. The molecule has 1 atom stereocenters. The minimum Gasteiger partial charge on any atom is -0.313 e. The Morgan fingerprint density at radius 2 is 1.75 bits per heavy atom. The third-order valence-electron chi connectivity index (χ3n) is 3.09. The van der Waals surface area contributed by atoms with Crippen LogP contribution in [0.5, 0.6) is 0 Å². The van der Waals surface area contributed by atoms with Gasteiger partial charge in [-0.05, 0) is 43.7 Å². The Labute approximate surface area is 134 Å². The van der Waals surface area contributed by atoms with E-state index in [0.717, 1.165) is 18.7 Å². The molecule has 0 saturated carbocycles. The summed E-state index contributed by atoms with van der Waals surface area (Å²) in [6.07, 6.45) is 1.06. The smallest absolute Gasteiger partial charge is 0.0207 e. The summed E-state index contributed by atoms with van der Waals surface area (Å²) in [7, 11) is 0. The van der Waals surface area contributed by atoms with Crippen LogP contribution in [-0.2, 0) is 6.42 Å². The van der Waals surface area contributed by atoms with Gasteiger partial charge in [0.1, 0.15) is 0 Å². The first kappa shape index (κ1) is 15.6. The van der Waals surface area contributed by atoms with Crippen LogP contribution in [0.15, 0.2) is 64.0 Å². The Bertz CT molecular complexity index is 515. The highest BCUT2D eigenvalue weighted by molar-refractivity contribution is 9.10. The number of nitrogens with one attached hydrogen (secondary N) is 1. The molecule has 20 heavy (non-hydrogen) atoms. The monoisotopic (exact) mass is 349 g/mol. The van der Waals surface area contributed by atoms with Crippen molar-refractivity contribution in [2.24, 2.45) is 0 Å². The van der Waals surface area contributed by atoms with Gasteiger partial charge in [0, 0.05) is 21.2 Å². The van der Waals surface area contributed by atoms with Gasteiger partial charge in [0.15, 0.2) is 0 Å². The van der Waals surface area contributed by atoms with Gasteiger partial charge in [-0.3, -0.25) is 0 Å². The van der Waals surface area contributed by atoms with Crippen molar-refractivity contribution in [2.75, 3.05) is 12.3 Å². The first-order valence-corrected chi connectivity index (χ1v) is 8.68. The molecular formula is C17H20BrNS. The van der Waals surface area contributed by atoms with Crippen molar-refractivity contribution in [3.8, 4) is 0 Å². The molecule has 0 aliphatic rings. The molecule has 0 spiro atoms. The van der Waals surface area contributed by atoms with Crippen LogP contribution in [-0.4, -0.2) is 18.3 Å². The largest absolute Gasteiger partial charge is 0.313 e. The number of hydrogen-bond donors (Lipinski definition) is 1. The van der Waals surface area contributed by atoms with Gasteiger partial charge in [0.2, 0.25) is 0 Å². The number of rotatable bonds is 7. The van der Waals surface area contributed by atoms with Crippen molar-refractivity contribution in [1.82, 2.24) is 5.32 Å². The maximum atomic E-state index is 3.59. The van der Waals surface area contributed by atoms with Crippen molar-refractivity contribution < 1.29 is 0 Å². The summed E-state index contributed by atoms with van der Waals surface area (Å²) in [5, 5.41) is 3.59. The molecule has 106 valence electrons. The molecule has 1 N–H and O–H groups in total. The Hall–Kier alpha value is -0.770. The zero-order valence-corrected chi connectivity index (χ0v) is 14.1. The van der Waals surface area contributed by atoms with Gasteiger partial charge >= 0.3 is 0 Å². The summed E-state index contributed by atoms with van der Waals surface area (Å²) in [4.78, 5) is 1.34. The van der Waals surface area contributed by atoms with Gasteiger partial charge in [-0.25, -0.2) is 0 Å². The number of thioether (sulfide) groups is 1. The predicted octanol–water partition coefficient (Wildman–Crippen LogP) is 4.76. The molecule has 1 nitrogen and oxygen atoms in total. The first-order valence-electron chi connectivity index (χ1n) is 6.90. The van der Waals surface area contributed by atoms with Crippen molar-refractivity contribution in [1.29, 1.82) is 0 Å². The Balaban J connectivity index is 1.68. The molecule has 3 heteroatoms. The van der Waals surface area contributed by atoms with Gasteiger partial charge in [-0.1, -0.05) is 52.3 Å². The minimum absolute atomic E-state index is 0.516. The maximum Gasteiger partial charge on any atom is 0.0207 e. The van der Waals surface area contributed by atoms with Gasteiger partial charge < -0.3 is 5.32 Å². The van der Waals surface area contributed by atoms with E-state index in [1.54, 1.807) is 0 Å². The molecule has 2 aromatic rings. The van der Waals surface area contributed by atoms with E-state index in [2.05, 4.69) is 82.8 Å². The van der Waals surface area contributed by atoms with Crippen LogP contribution in [0.4, 0.5) is 0 Å². The second-order valence-corrected chi connectivity index (χ2v) is 6.77. The second-order valence-electron chi connectivity index (χ2n) is 4.82. The zero-order chi connectivity index (χ0) is 14.2. The minimum atomic E-state index is 0.516. The Kier molecular flexibility index (Phi) is 6.64. The maximum absolute atomic E-state index is 3.59. The summed E-state index contributed by atoms with van der Waals surface area (Å²) in [6.45, 7) is 3.26. The van der Waals surface area contributed by atoms with Crippen molar-refractivity contribution in [2.45, 2.75) is 24.3 Å². The lowest BCUT2D eigenvalue weighted by Gasteiger charge is -2.14. The molecule has 0 radical (unpaired) electrons. The zero-order valence-electron chi connectivity index (χ0n) is 11.7. The summed E-state index contributed by atoms with van der Waals surface area (Å²) >= 11 is 5.50. The highest BCUT2D eigenvalue weighted by atomic mass is 79.9. The lowest BCUT2D eigenvalue weighted by molar-refractivity contribution is 0.596. The van der Waals surface area contributed by atoms with Crippen LogP contribution in [0.1, 0.15) is 12.5 Å². The Morgan fingerprint density at radius 3 is 2.50 bits per heavy atom. The van der Waals surface area contributed by atoms with E-state index in [0.29, 0.717) is 6.04 Å². The highest BCUT2D eigenvalue weighted by Crippen LogP contribution is 2.18. The summed E-state index contributed by atoms with van der Waals surface area (Å²) < 4.78 is 1.20. The topological polar surface area (TPSA) is 12.0 Å². The molecule has 0 heterocycles. The van der Waals surface area contributed by atoms with E-state index < -0.39 is 0 Å². The van der Waals surface area contributed by atoms with Gasteiger partial charge in [0.05, 0.1) is 0 Å². The molecule has 1 unspecified atom stereocenters. The SMILES string of the molecule is CC(CSc1ccccc1)NCCc1ccccc1Br. The lowest BCUT2D eigenvalue weighted by Crippen LogP contribution is -2.30. The normalized spacial score (nSPS) is 12.3. The van der Waals surface area contributed by atoms with Crippen LogP contribution in [0.2, 0.25) is 0 Å². The fourth-order valence-corrected chi connectivity index (χ4v) is 3.34. The second kappa shape index (κ2) is 8.50. The first-order chi connectivity index (χ1) is 9.75. The van der Waals surface area contributed by atoms with Crippen LogP contribution in [0, 0.1) is 0 Å². The molecule has 0 saturated heterocycles. The average Bonchev–Trinajstić information content (AvgIpc) is 2.48. The van der Waals surface area contributed by atoms with Crippen molar-refractivity contribution in [3.05, 3.63) is 64.6 Å². The van der Waals surface area contributed by atoms with E-state index in [9.17, 15) is 0 Å². The molecule has 0 amide bonds. The van der Waals surface area contributed by atoms with E-state index >= 15 is 0 Å². The summed E-state index contributed by atoms with van der Waals surface area (Å²) in [6, 6.07) is 19.5. The number of halogens is 1. The summed E-state index contributed by atoms with van der Waals surface area (Å²) in [5.41, 5.74) is 1.36. The van der Waals surface area contributed by atoms with E-state index in [1.807, 2.05) is 11.8 Å². The molecule has 0 fully saturated rings. The predicted molar refractivity (Wildman–Crippen MR) is 92.5 cm³/mol. The Morgan fingerprint density at radius 1 is 1.05 bits per heavy atom. The molecule has 0 aliphatic carbocycles. The van der Waals surface area contributed by atoms with E-state index in [1.165, 1.54) is 14.9 Å². The standard InChI is InChI=1S/C17H20BrNS/c1-14(13-20-16-8-3-2-4-9-16)19-12-11-15-7-5-6-10-17(15)18/h2-10,14,19H,11-13H2,1H3. The van der Waals surface area contributed by atoms with Crippen LogP contribution >= 0.6 is 27.7 Å². The highest BCUT2D eigenvalue weighted by Gasteiger charge is 2.03. The summed E-state index contributed by atoms with van der Waals surface area (Å²) in [5.74, 6) is 1.10. The average molecular weight is 350 g/mol. The van der Waals surface area contributed by atoms with Crippen molar-refractivity contribution in [3.63, 3.8) is 0 Å². The third kappa shape index (κ3) is 5.31. The molecule has 0 aromatic heterocycles. The van der Waals surface area contributed by atoms with E-state index in [-0.39, 0.29) is 0 Å². The number of hydrogen-bond acceptors (Lipinski definition) is 2. The fraction of sp³-hybridized carbons (Fsp3) is 0.294. The molecule has 2 aromatic carbocycles. The van der Waals surface area contributed by atoms with Crippen LogP contribution in [0.3, 0.4) is 0 Å². The van der Waals surface area contributed by atoms with Crippen molar-refractivity contribution >= 4 is 27.7 Å². The quantitative estimate of drug-likeness (QED) is 0.723. The third-order valence-corrected chi connectivity index (χ3v) is 5.13. The molecule has 2 rings (SSSR count). The van der Waals surface area contributed by atoms with E-state index in [4.69, 9.17) is 0 Å². The molecular weight excluding hydrogens is 330 g/mol. The molecule has 0 bridgehead atoms. The fourth-order valence-electron chi connectivity index (χ4n) is 1.95.